The molecule has 208 valence electrons. The van der Waals surface area contributed by atoms with Crippen molar-refractivity contribution < 1.29 is 23.7 Å². The zero-order valence-corrected chi connectivity index (χ0v) is 23.5. The number of hydrogen-bond donors (Lipinski definition) is 0. The van der Waals surface area contributed by atoms with Crippen LogP contribution in [0.15, 0.2) is 42.5 Å². The monoisotopic (exact) mass is 524 g/mol. The quantitative estimate of drug-likeness (QED) is 0.353. The lowest BCUT2D eigenvalue weighted by Crippen LogP contribution is -2.34. The SMILES string of the molecule is COCCCN1CCOc2ccc(CO[C@H]3CC[C@@H](CCN(C)C(C)=O)C[C@@H]3c3ccc(OC)cc3)cc21. The number of carbonyl (C=O) groups excluding carboxylic acids is 1. The van der Waals surface area contributed by atoms with Crippen molar-refractivity contribution in [1.82, 2.24) is 4.90 Å². The fourth-order valence-corrected chi connectivity index (χ4v) is 5.67. The Morgan fingerprint density at radius 2 is 1.95 bits per heavy atom. The van der Waals surface area contributed by atoms with Gasteiger partial charge in [-0.1, -0.05) is 18.2 Å². The molecule has 7 nitrogen and oxygen atoms in total. The van der Waals surface area contributed by atoms with Gasteiger partial charge in [0.15, 0.2) is 0 Å². The Balaban J connectivity index is 1.44. The molecule has 1 heterocycles. The van der Waals surface area contributed by atoms with E-state index in [1.807, 2.05) is 24.1 Å². The van der Waals surface area contributed by atoms with E-state index in [2.05, 4.69) is 35.2 Å². The molecule has 1 saturated carbocycles. The van der Waals surface area contributed by atoms with Crippen molar-refractivity contribution >= 4 is 11.6 Å². The number of amides is 1. The van der Waals surface area contributed by atoms with Gasteiger partial charge in [0.1, 0.15) is 18.1 Å². The fourth-order valence-electron chi connectivity index (χ4n) is 5.67. The number of benzene rings is 2. The molecule has 0 spiro atoms. The molecule has 1 aliphatic heterocycles. The Bertz CT molecular complexity index is 1030. The average molecular weight is 525 g/mol. The normalized spacial score (nSPS) is 20.9. The van der Waals surface area contributed by atoms with Gasteiger partial charge in [-0.05, 0) is 73.4 Å². The molecule has 38 heavy (non-hydrogen) atoms. The van der Waals surface area contributed by atoms with Crippen molar-refractivity contribution in [3.8, 4) is 11.5 Å². The van der Waals surface area contributed by atoms with Gasteiger partial charge in [0.2, 0.25) is 5.91 Å². The highest BCUT2D eigenvalue weighted by molar-refractivity contribution is 5.72. The smallest absolute Gasteiger partial charge is 0.219 e. The molecule has 1 fully saturated rings. The second-order valence-electron chi connectivity index (χ2n) is 10.6. The van der Waals surface area contributed by atoms with Crippen LogP contribution in [0, 0.1) is 5.92 Å². The topological polar surface area (TPSA) is 60.5 Å². The minimum atomic E-state index is 0.126. The summed E-state index contributed by atoms with van der Waals surface area (Å²) in [6, 6.07) is 14.9. The summed E-state index contributed by atoms with van der Waals surface area (Å²) in [5.41, 5.74) is 3.62. The summed E-state index contributed by atoms with van der Waals surface area (Å²) in [6.45, 7) is 6.34. The van der Waals surface area contributed by atoms with Crippen LogP contribution in [-0.4, -0.2) is 71.0 Å². The van der Waals surface area contributed by atoms with Gasteiger partial charge in [-0.25, -0.2) is 0 Å². The summed E-state index contributed by atoms with van der Waals surface area (Å²) in [5, 5.41) is 0. The fraction of sp³-hybridized carbons (Fsp3) is 0.581. The molecule has 0 aromatic heterocycles. The highest BCUT2D eigenvalue weighted by atomic mass is 16.5. The summed E-state index contributed by atoms with van der Waals surface area (Å²) >= 11 is 0. The number of methoxy groups -OCH3 is 2. The first kappa shape index (κ1) is 28.2. The third-order valence-electron chi connectivity index (χ3n) is 8.07. The largest absolute Gasteiger partial charge is 0.497 e. The van der Waals surface area contributed by atoms with Gasteiger partial charge in [-0.15, -0.1) is 0 Å². The summed E-state index contributed by atoms with van der Waals surface area (Å²) < 4.78 is 23.2. The number of anilines is 1. The van der Waals surface area contributed by atoms with Crippen LogP contribution in [0.1, 0.15) is 56.1 Å². The molecule has 0 unspecified atom stereocenters. The Labute approximate surface area is 228 Å². The Hall–Kier alpha value is -2.77. The molecule has 0 saturated heterocycles. The third kappa shape index (κ3) is 7.41. The van der Waals surface area contributed by atoms with E-state index in [1.54, 1.807) is 21.1 Å². The number of nitrogens with zero attached hydrogens (tertiary/aromatic N) is 2. The Kier molecular flexibility index (Phi) is 10.3. The Morgan fingerprint density at radius 3 is 2.68 bits per heavy atom. The van der Waals surface area contributed by atoms with Crippen molar-refractivity contribution in [2.75, 3.05) is 59.0 Å². The van der Waals surface area contributed by atoms with Crippen molar-refractivity contribution in [2.45, 2.75) is 57.7 Å². The minimum Gasteiger partial charge on any atom is -0.497 e. The molecule has 4 rings (SSSR count). The van der Waals surface area contributed by atoms with Crippen LogP contribution in [0.4, 0.5) is 5.69 Å². The predicted octanol–water partition coefficient (Wildman–Crippen LogP) is 5.27. The lowest BCUT2D eigenvalue weighted by molar-refractivity contribution is -0.127. The van der Waals surface area contributed by atoms with Crippen molar-refractivity contribution in [1.29, 1.82) is 0 Å². The zero-order chi connectivity index (χ0) is 26.9. The second-order valence-corrected chi connectivity index (χ2v) is 10.6. The third-order valence-corrected chi connectivity index (χ3v) is 8.07. The molecule has 2 aliphatic rings. The van der Waals surface area contributed by atoms with Crippen LogP contribution >= 0.6 is 0 Å². The summed E-state index contributed by atoms with van der Waals surface area (Å²) in [7, 11) is 5.34. The molecular weight excluding hydrogens is 480 g/mol. The van der Waals surface area contributed by atoms with Gasteiger partial charge in [0.25, 0.3) is 0 Å². The van der Waals surface area contributed by atoms with Crippen molar-refractivity contribution in [3.05, 3.63) is 53.6 Å². The average Bonchev–Trinajstić information content (AvgIpc) is 2.95. The molecule has 2 aromatic carbocycles. The number of ether oxygens (including phenoxy) is 4. The lowest BCUT2D eigenvalue weighted by atomic mass is 9.75. The van der Waals surface area contributed by atoms with Gasteiger partial charge >= 0.3 is 0 Å². The van der Waals surface area contributed by atoms with Gasteiger partial charge in [0, 0.05) is 46.7 Å². The van der Waals surface area contributed by atoms with Crippen LogP contribution in [0.3, 0.4) is 0 Å². The maximum atomic E-state index is 11.7. The molecule has 1 aliphatic carbocycles. The molecule has 0 N–H and O–H groups in total. The van der Waals surface area contributed by atoms with Gasteiger partial charge in [0.05, 0.1) is 32.1 Å². The van der Waals surface area contributed by atoms with E-state index in [1.165, 1.54) is 11.1 Å². The maximum absolute atomic E-state index is 11.7. The van der Waals surface area contributed by atoms with Gasteiger partial charge in [-0.3, -0.25) is 4.79 Å². The second kappa shape index (κ2) is 13.9. The summed E-state index contributed by atoms with van der Waals surface area (Å²) in [6.07, 6.45) is 5.37. The van der Waals surface area contributed by atoms with Crippen LogP contribution in [-0.2, 0) is 20.9 Å². The minimum absolute atomic E-state index is 0.126. The number of rotatable bonds is 12. The van der Waals surface area contributed by atoms with Crippen LogP contribution in [0.5, 0.6) is 11.5 Å². The highest BCUT2D eigenvalue weighted by Crippen LogP contribution is 2.41. The molecule has 7 heteroatoms. The van der Waals surface area contributed by atoms with Crippen LogP contribution in [0.2, 0.25) is 0 Å². The molecule has 3 atom stereocenters. The first-order valence-corrected chi connectivity index (χ1v) is 13.9. The predicted molar refractivity (Wildman–Crippen MR) is 150 cm³/mol. The standard InChI is InChI=1S/C31H44N2O5/c1-23(34)32(2)16-14-24-6-12-30(28(20-24)26-8-10-27(36-4)11-9-26)38-22-25-7-13-31-29(21-25)33(17-19-37-31)15-5-18-35-3/h7-11,13,21,24,28,30H,5-6,12,14-20,22H2,1-4H3/t24-,28+,30-/m0/s1. The van der Waals surface area contributed by atoms with E-state index in [0.717, 1.165) is 75.5 Å². The first-order chi connectivity index (χ1) is 18.5. The molecule has 2 aromatic rings. The van der Waals surface area contributed by atoms with E-state index in [0.29, 0.717) is 25.0 Å². The van der Waals surface area contributed by atoms with E-state index >= 15 is 0 Å². The maximum Gasteiger partial charge on any atom is 0.219 e. The van der Waals surface area contributed by atoms with Crippen molar-refractivity contribution in [3.63, 3.8) is 0 Å². The number of fused-ring (bicyclic) bond motifs is 1. The Morgan fingerprint density at radius 1 is 1.13 bits per heavy atom. The van der Waals surface area contributed by atoms with Gasteiger partial charge < -0.3 is 28.7 Å². The van der Waals surface area contributed by atoms with Crippen LogP contribution in [0.25, 0.3) is 0 Å². The lowest BCUT2D eigenvalue weighted by Gasteiger charge is -2.37. The van der Waals surface area contributed by atoms with E-state index in [9.17, 15) is 4.79 Å². The highest BCUT2D eigenvalue weighted by Gasteiger charge is 2.32. The zero-order valence-electron chi connectivity index (χ0n) is 23.5. The summed E-state index contributed by atoms with van der Waals surface area (Å²) in [4.78, 5) is 15.9. The number of carbonyl (C=O) groups is 1. The molecular formula is C31H44N2O5. The van der Waals surface area contributed by atoms with E-state index < -0.39 is 0 Å². The van der Waals surface area contributed by atoms with Gasteiger partial charge in [-0.2, -0.15) is 0 Å². The first-order valence-electron chi connectivity index (χ1n) is 13.9. The molecule has 0 radical (unpaired) electrons. The van der Waals surface area contributed by atoms with Crippen molar-refractivity contribution in [2.24, 2.45) is 5.92 Å². The van der Waals surface area contributed by atoms with E-state index in [-0.39, 0.29) is 12.0 Å². The van der Waals surface area contributed by atoms with E-state index in [4.69, 9.17) is 18.9 Å². The summed E-state index contributed by atoms with van der Waals surface area (Å²) in [5.74, 6) is 2.83. The molecule has 0 bridgehead atoms. The number of hydrogen-bond acceptors (Lipinski definition) is 6. The molecule has 1 amide bonds. The van der Waals surface area contributed by atoms with Crippen LogP contribution < -0.4 is 14.4 Å².